The van der Waals surface area contributed by atoms with Gasteiger partial charge in [-0.3, -0.25) is 0 Å². The van der Waals surface area contributed by atoms with Gasteiger partial charge in [-0.25, -0.2) is 4.98 Å². The Labute approximate surface area is 92.9 Å². The first-order valence-electron chi connectivity index (χ1n) is 5.08. The first-order chi connectivity index (χ1) is 7.25. The van der Waals surface area contributed by atoms with Gasteiger partial charge in [0, 0.05) is 18.2 Å². The standard InChI is InChI=1S/C11H12ClN3/c12-8-1-2-9-5-14-10(15(9)6-8)11(7-13)3-4-11/h1-2,5-6H,3-4,7,13H2. The number of imidazole rings is 1. The average Bonchev–Trinajstić information content (AvgIpc) is 2.93. The summed E-state index contributed by atoms with van der Waals surface area (Å²) in [5.74, 6) is 1.06. The van der Waals surface area contributed by atoms with Crippen LogP contribution in [0.5, 0.6) is 0 Å². The summed E-state index contributed by atoms with van der Waals surface area (Å²) >= 11 is 5.98. The van der Waals surface area contributed by atoms with E-state index in [1.165, 1.54) is 0 Å². The molecule has 0 spiro atoms. The van der Waals surface area contributed by atoms with Gasteiger partial charge in [0.1, 0.15) is 5.82 Å². The molecule has 3 nitrogen and oxygen atoms in total. The number of pyridine rings is 1. The second-order valence-electron chi connectivity index (χ2n) is 4.21. The van der Waals surface area contributed by atoms with Crippen LogP contribution >= 0.6 is 11.6 Å². The first-order valence-corrected chi connectivity index (χ1v) is 5.46. The van der Waals surface area contributed by atoms with Crippen molar-refractivity contribution < 1.29 is 0 Å². The summed E-state index contributed by atoms with van der Waals surface area (Å²) in [5.41, 5.74) is 6.99. The Morgan fingerprint density at radius 1 is 1.47 bits per heavy atom. The molecule has 1 aliphatic rings. The fourth-order valence-corrected chi connectivity index (χ4v) is 2.19. The van der Waals surface area contributed by atoms with E-state index in [4.69, 9.17) is 17.3 Å². The fourth-order valence-electron chi connectivity index (χ4n) is 2.03. The molecule has 4 heteroatoms. The zero-order valence-electron chi connectivity index (χ0n) is 8.28. The lowest BCUT2D eigenvalue weighted by Gasteiger charge is -2.10. The van der Waals surface area contributed by atoms with E-state index in [0.29, 0.717) is 6.54 Å². The van der Waals surface area contributed by atoms with E-state index in [0.717, 1.165) is 29.2 Å². The minimum Gasteiger partial charge on any atom is -0.329 e. The zero-order valence-corrected chi connectivity index (χ0v) is 9.04. The molecule has 2 heterocycles. The van der Waals surface area contributed by atoms with Crippen LogP contribution in [0.25, 0.3) is 5.52 Å². The van der Waals surface area contributed by atoms with Gasteiger partial charge < -0.3 is 10.1 Å². The smallest absolute Gasteiger partial charge is 0.120 e. The third kappa shape index (κ3) is 1.27. The molecule has 0 aromatic carbocycles. The number of fused-ring (bicyclic) bond motifs is 1. The molecule has 2 N–H and O–H groups in total. The molecule has 0 atom stereocenters. The Kier molecular flexibility index (Phi) is 1.82. The van der Waals surface area contributed by atoms with Crippen molar-refractivity contribution >= 4 is 17.1 Å². The predicted octanol–water partition coefficient (Wildman–Crippen LogP) is 1.98. The van der Waals surface area contributed by atoms with Crippen LogP contribution in [0, 0.1) is 0 Å². The lowest BCUT2D eigenvalue weighted by atomic mass is 10.1. The molecule has 78 valence electrons. The van der Waals surface area contributed by atoms with E-state index in [2.05, 4.69) is 9.38 Å². The van der Waals surface area contributed by atoms with Crippen molar-refractivity contribution in [1.29, 1.82) is 0 Å². The van der Waals surface area contributed by atoms with E-state index in [1.54, 1.807) is 0 Å². The van der Waals surface area contributed by atoms with Crippen molar-refractivity contribution in [3.8, 4) is 0 Å². The molecule has 0 unspecified atom stereocenters. The highest BCUT2D eigenvalue weighted by Gasteiger charge is 2.46. The second kappa shape index (κ2) is 2.97. The van der Waals surface area contributed by atoms with Crippen LogP contribution in [0.3, 0.4) is 0 Å². The molecule has 15 heavy (non-hydrogen) atoms. The summed E-state index contributed by atoms with van der Waals surface area (Å²) in [4.78, 5) is 4.47. The van der Waals surface area contributed by atoms with E-state index >= 15 is 0 Å². The fraction of sp³-hybridized carbons (Fsp3) is 0.364. The minimum absolute atomic E-state index is 0.108. The van der Waals surface area contributed by atoms with Crippen LogP contribution in [0.2, 0.25) is 5.02 Å². The van der Waals surface area contributed by atoms with Crippen molar-refractivity contribution in [2.75, 3.05) is 6.54 Å². The summed E-state index contributed by atoms with van der Waals surface area (Å²) in [6.45, 7) is 0.665. The summed E-state index contributed by atoms with van der Waals surface area (Å²) in [5, 5.41) is 0.731. The third-order valence-corrected chi connectivity index (χ3v) is 3.43. The van der Waals surface area contributed by atoms with Crippen LogP contribution in [-0.4, -0.2) is 15.9 Å². The molecule has 3 rings (SSSR count). The van der Waals surface area contributed by atoms with Gasteiger partial charge >= 0.3 is 0 Å². The maximum atomic E-state index is 5.98. The number of nitrogens with zero attached hydrogens (tertiary/aromatic N) is 2. The summed E-state index contributed by atoms with van der Waals surface area (Å²) in [6, 6.07) is 3.86. The quantitative estimate of drug-likeness (QED) is 0.843. The molecule has 0 amide bonds. The molecule has 0 radical (unpaired) electrons. The molecular weight excluding hydrogens is 210 g/mol. The van der Waals surface area contributed by atoms with E-state index < -0.39 is 0 Å². The van der Waals surface area contributed by atoms with E-state index in [1.807, 2.05) is 24.5 Å². The Balaban J connectivity index is 2.23. The highest BCUT2D eigenvalue weighted by Crippen LogP contribution is 2.46. The topological polar surface area (TPSA) is 43.3 Å². The van der Waals surface area contributed by atoms with Crippen LogP contribution in [0.4, 0.5) is 0 Å². The average molecular weight is 222 g/mol. The van der Waals surface area contributed by atoms with Gasteiger partial charge in [-0.05, 0) is 25.0 Å². The molecule has 1 fully saturated rings. The molecular formula is C11H12ClN3. The number of halogens is 1. The number of rotatable bonds is 2. The monoisotopic (exact) mass is 221 g/mol. The molecule has 2 aromatic heterocycles. The molecule has 0 bridgehead atoms. The highest BCUT2D eigenvalue weighted by atomic mass is 35.5. The lowest BCUT2D eigenvalue weighted by Crippen LogP contribution is -2.22. The summed E-state index contributed by atoms with van der Waals surface area (Å²) < 4.78 is 2.06. The SMILES string of the molecule is NCC1(c2ncc3ccc(Cl)cn23)CC1. The highest BCUT2D eigenvalue weighted by molar-refractivity contribution is 6.30. The summed E-state index contributed by atoms with van der Waals surface area (Å²) in [6.07, 6.45) is 6.06. The predicted molar refractivity (Wildman–Crippen MR) is 60.2 cm³/mol. The van der Waals surface area contributed by atoms with Crippen molar-refractivity contribution in [2.24, 2.45) is 5.73 Å². The van der Waals surface area contributed by atoms with Gasteiger partial charge in [-0.2, -0.15) is 0 Å². The first kappa shape index (κ1) is 9.19. The van der Waals surface area contributed by atoms with Crippen molar-refractivity contribution in [3.05, 3.63) is 35.4 Å². The van der Waals surface area contributed by atoms with Gasteiger partial charge in [0.05, 0.1) is 16.7 Å². The van der Waals surface area contributed by atoms with E-state index in [-0.39, 0.29) is 5.41 Å². The van der Waals surface area contributed by atoms with Gasteiger partial charge in [0.15, 0.2) is 0 Å². The Hall–Kier alpha value is -1.06. The van der Waals surface area contributed by atoms with Gasteiger partial charge in [-0.15, -0.1) is 0 Å². The Morgan fingerprint density at radius 2 is 2.27 bits per heavy atom. The van der Waals surface area contributed by atoms with Crippen molar-refractivity contribution in [1.82, 2.24) is 9.38 Å². The van der Waals surface area contributed by atoms with Gasteiger partial charge in [0.25, 0.3) is 0 Å². The zero-order chi connectivity index (χ0) is 10.5. The molecule has 0 saturated heterocycles. The van der Waals surface area contributed by atoms with E-state index in [9.17, 15) is 0 Å². The third-order valence-electron chi connectivity index (χ3n) is 3.21. The van der Waals surface area contributed by atoms with Crippen LogP contribution in [0.15, 0.2) is 24.5 Å². The van der Waals surface area contributed by atoms with Crippen molar-refractivity contribution in [2.45, 2.75) is 18.3 Å². The van der Waals surface area contributed by atoms with Crippen LogP contribution in [0.1, 0.15) is 18.7 Å². The lowest BCUT2D eigenvalue weighted by molar-refractivity contribution is 0.646. The summed E-state index contributed by atoms with van der Waals surface area (Å²) in [7, 11) is 0. The Bertz CT molecular complexity index is 514. The Morgan fingerprint density at radius 3 is 2.93 bits per heavy atom. The maximum Gasteiger partial charge on any atom is 0.120 e. The number of nitrogens with two attached hydrogens (primary N) is 1. The number of hydrogen-bond donors (Lipinski definition) is 1. The van der Waals surface area contributed by atoms with Gasteiger partial charge in [-0.1, -0.05) is 11.6 Å². The van der Waals surface area contributed by atoms with Crippen molar-refractivity contribution in [3.63, 3.8) is 0 Å². The molecule has 1 aliphatic carbocycles. The largest absolute Gasteiger partial charge is 0.329 e. The van der Waals surface area contributed by atoms with Crippen LogP contribution in [-0.2, 0) is 5.41 Å². The normalized spacial score (nSPS) is 18.3. The molecule has 2 aromatic rings. The second-order valence-corrected chi connectivity index (χ2v) is 4.64. The number of hydrogen-bond acceptors (Lipinski definition) is 2. The van der Waals surface area contributed by atoms with Gasteiger partial charge in [0.2, 0.25) is 0 Å². The van der Waals surface area contributed by atoms with Crippen LogP contribution < -0.4 is 5.73 Å². The molecule has 1 saturated carbocycles. The minimum atomic E-state index is 0.108. The number of aromatic nitrogens is 2. The molecule has 0 aliphatic heterocycles. The maximum absolute atomic E-state index is 5.98.